The smallest absolute Gasteiger partial charge is 0.353 e. The van der Waals surface area contributed by atoms with Gasteiger partial charge in [-0.05, 0) is 23.8 Å². The Morgan fingerprint density at radius 3 is 2.65 bits per heavy atom. The molecule has 0 saturated carbocycles. The molecule has 0 saturated heterocycles. The number of hydrogen-bond donors (Lipinski definition) is 1. The number of hydrogen-bond acceptors (Lipinski definition) is 4. The second-order valence-corrected chi connectivity index (χ2v) is 5.59. The third-order valence-electron chi connectivity index (χ3n) is 3.73. The number of nitrogens with two attached hydrogens (primary N) is 1. The molecule has 0 aliphatic rings. The number of nitrogens with zero attached hydrogens (tertiary/aromatic N) is 4. The lowest BCUT2D eigenvalue weighted by Gasteiger charge is -2.02. The van der Waals surface area contributed by atoms with Gasteiger partial charge >= 0.3 is 5.69 Å². The molecular formula is C16H12ClN5O. The van der Waals surface area contributed by atoms with Gasteiger partial charge in [-0.3, -0.25) is 0 Å². The molecule has 2 aromatic carbocycles. The van der Waals surface area contributed by atoms with Gasteiger partial charge in [0.2, 0.25) is 5.95 Å². The zero-order valence-corrected chi connectivity index (χ0v) is 12.7. The molecule has 4 aromatic rings. The fraction of sp³-hybridized carbons (Fsp3) is 0.0625. The van der Waals surface area contributed by atoms with Crippen molar-refractivity contribution in [2.24, 2.45) is 0 Å². The number of para-hydroxylation sites is 1. The molecule has 23 heavy (non-hydrogen) atoms. The van der Waals surface area contributed by atoms with Gasteiger partial charge in [0.15, 0.2) is 5.65 Å². The highest BCUT2D eigenvalue weighted by Gasteiger charge is 2.14. The Balaban J connectivity index is 1.97. The van der Waals surface area contributed by atoms with E-state index in [4.69, 9.17) is 17.3 Å². The number of benzene rings is 2. The molecule has 4 rings (SSSR count). The van der Waals surface area contributed by atoms with Crippen LogP contribution in [0.25, 0.3) is 16.6 Å². The molecule has 0 atom stereocenters. The highest BCUT2D eigenvalue weighted by atomic mass is 35.5. The van der Waals surface area contributed by atoms with Crippen LogP contribution in [0.3, 0.4) is 0 Å². The van der Waals surface area contributed by atoms with Crippen molar-refractivity contribution >= 4 is 34.1 Å². The molecule has 0 aliphatic heterocycles. The van der Waals surface area contributed by atoms with Crippen molar-refractivity contribution in [1.29, 1.82) is 0 Å². The Morgan fingerprint density at radius 2 is 1.83 bits per heavy atom. The van der Waals surface area contributed by atoms with E-state index in [0.29, 0.717) is 16.2 Å². The van der Waals surface area contributed by atoms with Crippen LogP contribution in [0.2, 0.25) is 5.02 Å². The zero-order valence-electron chi connectivity index (χ0n) is 12.0. The van der Waals surface area contributed by atoms with Crippen LogP contribution in [0.5, 0.6) is 0 Å². The number of nitrogen functional groups attached to an aromatic ring is 1. The Morgan fingerprint density at radius 1 is 1.09 bits per heavy atom. The van der Waals surface area contributed by atoms with Crippen molar-refractivity contribution in [3.8, 4) is 0 Å². The lowest BCUT2D eigenvalue weighted by atomic mass is 10.2. The van der Waals surface area contributed by atoms with Crippen molar-refractivity contribution in [2.75, 3.05) is 5.73 Å². The molecule has 2 heterocycles. The van der Waals surface area contributed by atoms with Gasteiger partial charge in [0.05, 0.1) is 12.1 Å². The van der Waals surface area contributed by atoms with Crippen molar-refractivity contribution in [3.63, 3.8) is 0 Å². The average Bonchev–Trinajstić information content (AvgIpc) is 2.87. The number of aromatic nitrogens is 4. The molecule has 0 amide bonds. The Kier molecular flexibility index (Phi) is 3.06. The Bertz CT molecular complexity index is 1100. The molecule has 6 nitrogen and oxygen atoms in total. The highest BCUT2D eigenvalue weighted by Crippen LogP contribution is 2.19. The van der Waals surface area contributed by atoms with Crippen LogP contribution in [0.15, 0.2) is 53.3 Å². The van der Waals surface area contributed by atoms with Crippen molar-refractivity contribution in [3.05, 3.63) is 69.6 Å². The van der Waals surface area contributed by atoms with Crippen molar-refractivity contribution in [2.45, 2.75) is 6.54 Å². The average molecular weight is 326 g/mol. The molecule has 2 aromatic heterocycles. The predicted octanol–water partition coefficient (Wildman–Crippen LogP) is 2.33. The fourth-order valence-electron chi connectivity index (χ4n) is 2.61. The van der Waals surface area contributed by atoms with Crippen LogP contribution in [0, 0.1) is 0 Å². The van der Waals surface area contributed by atoms with E-state index < -0.39 is 0 Å². The first kappa shape index (κ1) is 13.8. The van der Waals surface area contributed by atoms with Gasteiger partial charge in [0, 0.05) is 10.4 Å². The first-order chi connectivity index (χ1) is 11.1. The molecule has 0 unspecified atom stereocenters. The third kappa shape index (κ3) is 2.15. The van der Waals surface area contributed by atoms with Crippen LogP contribution < -0.4 is 11.4 Å². The number of halogens is 1. The predicted molar refractivity (Wildman–Crippen MR) is 89.7 cm³/mol. The topological polar surface area (TPSA) is 78.2 Å². The van der Waals surface area contributed by atoms with Gasteiger partial charge in [-0.15, -0.1) is 5.10 Å². The molecule has 0 spiro atoms. The third-order valence-corrected chi connectivity index (χ3v) is 4.10. The summed E-state index contributed by atoms with van der Waals surface area (Å²) in [6.45, 7) is 0.272. The molecular weight excluding hydrogens is 314 g/mol. The summed E-state index contributed by atoms with van der Waals surface area (Å²) in [6, 6.07) is 14.8. The van der Waals surface area contributed by atoms with Gasteiger partial charge in [-0.2, -0.15) is 0 Å². The van der Waals surface area contributed by atoms with Gasteiger partial charge in [0.1, 0.15) is 0 Å². The van der Waals surface area contributed by atoms with Gasteiger partial charge in [-0.25, -0.2) is 18.9 Å². The Hall–Kier alpha value is -2.86. The summed E-state index contributed by atoms with van der Waals surface area (Å²) in [7, 11) is 0. The molecule has 0 fully saturated rings. The molecule has 0 aliphatic carbocycles. The maximum atomic E-state index is 12.6. The lowest BCUT2D eigenvalue weighted by Crippen LogP contribution is -2.23. The maximum Gasteiger partial charge on any atom is 0.353 e. The minimum Gasteiger partial charge on any atom is -0.369 e. The van der Waals surface area contributed by atoms with E-state index in [0.717, 1.165) is 10.9 Å². The molecule has 0 bridgehead atoms. The molecule has 114 valence electrons. The fourth-order valence-corrected chi connectivity index (χ4v) is 2.81. The van der Waals surface area contributed by atoms with E-state index in [1.165, 1.54) is 9.08 Å². The minimum absolute atomic E-state index is 0.120. The highest BCUT2D eigenvalue weighted by molar-refractivity contribution is 6.31. The molecule has 0 radical (unpaired) electrons. The van der Waals surface area contributed by atoms with Crippen LogP contribution in [-0.4, -0.2) is 19.2 Å². The molecule has 2 N–H and O–H groups in total. The Labute approximate surface area is 135 Å². The monoisotopic (exact) mass is 325 g/mol. The van der Waals surface area contributed by atoms with E-state index in [1.807, 2.05) is 42.5 Å². The van der Waals surface area contributed by atoms with Crippen molar-refractivity contribution < 1.29 is 0 Å². The summed E-state index contributed by atoms with van der Waals surface area (Å²) >= 11 is 6.16. The summed E-state index contributed by atoms with van der Waals surface area (Å²) in [5, 5.41) is 5.79. The summed E-state index contributed by atoms with van der Waals surface area (Å²) < 4.78 is 2.67. The van der Waals surface area contributed by atoms with E-state index in [1.54, 1.807) is 6.07 Å². The van der Waals surface area contributed by atoms with Crippen LogP contribution in [0.1, 0.15) is 5.56 Å². The van der Waals surface area contributed by atoms with Crippen LogP contribution in [-0.2, 0) is 6.54 Å². The number of fused-ring (bicyclic) bond motifs is 3. The van der Waals surface area contributed by atoms with Crippen LogP contribution in [0.4, 0.5) is 5.95 Å². The number of anilines is 1. The van der Waals surface area contributed by atoms with Gasteiger partial charge < -0.3 is 5.73 Å². The van der Waals surface area contributed by atoms with Crippen LogP contribution >= 0.6 is 11.6 Å². The number of rotatable bonds is 2. The largest absolute Gasteiger partial charge is 0.369 e. The maximum absolute atomic E-state index is 12.6. The quantitative estimate of drug-likeness (QED) is 0.613. The molecule has 7 heteroatoms. The first-order valence-electron chi connectivity index (χ1n) is 7.02. The van der Waals surface area contributed by atoms with E-state index in [-0.39, 0.29) is 18.2 Å². The first-order valence-corrected chi connectivity index (χ1v) is 7.40. The zero-order chi connectivity index (χ0) is 16.0. The normalized spacial score (nSPS) is 11.3. The van der Waals surface area contributed by atoms with Gasteiger partial charge in [0.25, 0.3) is 0 Å². The second-order valence-electron chi connectivity index (χ2n) is 5.18. The van der Waals surface area contributed by atoms with Crippen molar-refractivity contribution in [1.82, 2.24) is 19.2 Å². The SMILES string of the molecule is Nc1nc2ccccc2c2nn(Cc3ccccc3Cl)c(=O)n12. The minimum atomic E-state index is -0.337. The summed E-state index contributed by atoms with van der Waals surface area (Å²) in [5.74, 6) is 0.120. The summed E-state index contributed by atoms with van der Waals surface area (Å²) in [4.78, 5) is 16.9. The summed E-state index contributed by atoms with van der Waals surface area (Å²) in [5.41, 5.74) is 7.60. The van der Waals surface area contributed by atoms with E-state index >= 15 is 0 Å². The van der Waals surface area contributed by atoms with Gasteiger partial charge in [-0.1, -0.05) is 41.9 Å². The van der Waals surface area contributed by atoms with E-state index in [2.05, 4.69) is 10.1 Å². The standard InChI is InChI=1S/C16H12ClN5O/c17-12-7-3-1-5-10(12)9-21-16(23)22-14(20-21)11-6-2-4-8-13(11)19-15(22)18/h1-8H,9H2,(H2,18,19). The lowest BCUT2D eigenvalue weighted by molar-refractivity contribution is 0.659. The second kappa shape index (κ2) is 5.10. The summed E-state index contributed by atoms with van der Waals surface area (Å²) in [6.07, 6.45) is 0. The van der Waals surface area contributed by atoms with E-state index in [9.17, 15) is 4.79 Å².